The minimum absolute atomic E-state index is 0.0155. The quantitative estimate of drug-likeness (QED) is 0.285. The van der Waals surface area contributed by atoms with Gasteiger partial charge >= 0.3 is 0 Å². The van der Waals surface area contributed by atoms with Gasteiger partial charge in [-0.05, 0) is 42.7 Å². The van der Waals surface area contributed by atoms with E-state index in [0.717, 1.165) is 48.1 Å². The van der Waals surface area contributed by atoms with Gasteiger partial charge in [0.2, 0.25) is 0 Å². The van der Waals surface area contributed by atoms with Crippen LogP contribution in [0.3, 0.4) is 0 Å². The van der Waals surface area contributed by atoms with Crippen LogP contribution >= 0.6 is 23.1 Å². The molecule has 3 aromatic rings. The number of pyridine rings is 1. The predicted molar refractivity (Wildman–Crippen MR) is 153 cm³/mol. The number of aromatic nitrogens is 2. The van der Waals surface area contributed by atoms with Crippen LogP contribution in [-0.4, -0.2) is 81.5 Å². The molecule has 0 radical (unpaired) electrons. The number of rotatable bonds is 8. The second-order valence-corrected chi connectivity index (χ2v) is 11.7. The second kappa shape index (κ2) is 12.8. The number of piperidine rings is 1. The Morgan fingerprint density at radius 1 is 1.03 bits per heavy atom. The molecule has 7 nitrogen and oxygen atoms in total. The van der Waals surface area contributed by atoms with Crippen LogP contribution in [0.2, 0.25) is 0 Å². The number of piperazine rings is 1. The van der Waals surface area contributed by atoms with Crippen molar-refractivity contribution in [2.75, 3.05) is 45.0 Å². The van der Waals surface area contributed by atoms with E-state index in [0.29, 0.717) is 43.2 Å². The van der Waals surface area contributed by atoms with Crippen LogP contribution in [-0.2, 0) is 6.54 Å². The number of thiazole rings is 1. The Bertz CT molecular complexity index is 1300. The third kappa shape index (κ3) is 6.74. The van der Waals surface area contributed by atoms with Crippen molar-refractivity contribution in [2.45, 2.75) is 30.3 Å². The number of thioether (sulfide) groups is 1. The van der Waals surface area contributed by atoms with Crippen LogP contribution in [0.15, 0.2) is 65.7 Å². The molecule has 1 aromatic carbocycles. The Morgan fingerprint density at radius 3 is 2.46 bits per heavy atom. The Hall–Kier alpha value is -3.08. The highest BCUT2D eigenvalue weighted by molar-refractivity contribution is 7.99. The maximum absolute atomic E-state index is 13.2. The highest BCUT2D eigenvalue weighted by Gasteiger charge is 2.29. The first-order valence-corrected chi connectivity index (χ1v) is 15.1. The van der Waals surface area contributed by atoms with E-state index in [4.69, 9.17) is 4.98 Å². The summed E-state index contributed by atoms with van der Waals surface area (Å²) in [5.41, 5.74) is 2.22. The summed E-state index contributed by atoms with van der Waals surface area (Å²) in [5, 5.41) is 3.59. The van der Waals surface area contributed by atoms with Crippen molar-refractivity contribution >= 4 is 34.9 Å². The molecular formula is C29H32FN5O2S2. The zero-order valence-corrected chi connectivity index (χ0v) is 23.4. The molecule has 2 amide bonds. The maximum atomic E-state index is 13.2. The van der Waals surface area contributed by atoms with Gasteiger partial charge in [0.15, 0.2) is 0 Å². The van der Waals surface area contributed by atoms with Gasteiger partial charge in [0, 0.05) is 69.1 Å². The number of benzene rings is 1. The van der Waals surface area contributed by atoms with Gasteiger partial charge in [0.1, 0.15) is 16.5 Å². The van der Waals surface area contributed by atoms with E-state index in [1.54, 1.807) is 23.6 Å². The Balaban J connectivity index is 1.12. The van der Waals surface area contributed by atoms with E-state index in [2.05, 4.69) is 16.5 Å². The summed E-state index contributed by atoms with van der Waals surface area (Å²) in [7, 11) is 0. The first kappa shape index (κ1) is 27.5. The van der Waals surface area contributed by atoms with E-state index >= 15 is 0 Å². The zero-order chi connectivity index (χ0) is 27.2. The lowest BCUT2D eigenvalue weighted by Crippen LogP contribution is -2.48. The monoisotopic (exact) mass is 565 g/mol. The van der Waals surface area contributed by atoms with Crippen LogP contribution in [0.25, 0.3) is 0 Å². The average molecular weight is 566 g/mol. The molecule has 10 heteroatoms. The van der Waals surface area contributed by atoms with Crippen molar-refractivity contribution < 1.29 is 14.0 Å². The first-order chi connectivity index (χ1) is 19.0. The molecule has 0 saturated carbocycles. The summed E-state index contributed by atoms with van der Waals surface area (Å²) < 4.78 is 13.2. The van der Waals surface area contributed by atoms with Crippen molar-refractivity contribution in [1.82, 2.24) is 24.7 Å². The Kier molecular flexibility index (Phi) is 9.06. The van der Waals surface area contributed by atoms with Gasteiger partial charge in [-0.15, -0.1) is 29.7 Å². The molecule has 39 heavy (non-hydrogen) atoms. The fourth-order valence-electron chi connectivity index (χ4n) is 5.00. The molecule has 0 bridgehead atoms. The van der Waals surface area contributed by atoms with Crippen LogP contribution in [0.1, 0.15) is 50.2 Å². The predicted octanol–water partition coefficient (Wildman–Crippen LogP) is 4.93. The van der Waals surface area contributed by atoms with Gasteiger partial charge in [-0.25, -0.2) is 14.4 Å². The normalized spacial score (nSPS) is 16.8. The second-order valence-electron chi connectivity index (χ2n) is 9.79. The van der Waals surface area contributed by atoms with E-state index < -0.39 is 0 Å². The molecule has 2 aliphatic heterocycles. The summed E-state index contributed by atoms with van der Waals surface area (Å²) in [6.07, 6.45) is 5.17. The fraction of sp³-hybridized carbons (Fsp3) is 0.379. The summed E-state index contributed by atoms with van der Waals surface area (Å²) in [6, 6.07) is 10.2. The maximum Gasteiger partial charge on any atom is 0.273 e. The number of amides is 2. The van der Waals surface area contributed by atoms with Crippen LogP contribution in [0.4, 0.5) is 4.39 Å². The summed E-state index contributed by atoms with van der Waals surface area (Å²) in [5.74, 6) is 0.718. The number of carbonyl (C=O) groups is 2. The number of carbonyl (C=O) groups excluding carboxylic acids is 2. The lowest BCUT2D eigenvalue weighted by molar-refractivity contribution is 0.0623. The van der Waals surface area contributed by atoms with Crippen molar-refractivity contribution in [3.8, 4) is 0 Å². The number of likely N-dealkylation sites (tertiary alicyclic amines) is 1. The molecule has 4 heterocycles. The van der Waals surface area contributed by atoms with Gasteiger partial charge in [-0.1, -0.05) is 18.2 Å². The highest BCUT2D eigenvalue weighted by atomic mass is 32.2. The highest BCUT2D eigenvalue weighted by Crippen LogP contribution is 2.32. The summed E-state index contributed by atoms with van der Waals surface area (Å²) in [4.78, 5) is 41.5. The molecule has 2 fully saturated rings. The van der Waals surface area contributed by atoms with E-state index in [9.17, 15) is 14.0 Å². The Morgan fingerprint density at radius 2 is 1.74 bits per heavy atom. The van der Waals surface area contributed by atoms with Crippen molar-refractivity contribution in [3.05, 3.63) is 88.3 Å². The molecule has 0 aliphatic carbocycles. The van der Waals surface area contributed by atoms with Crippen molar-refractivity contribution in [2.24, 2.45) is 0 Å². The third-order valence-corrected chi connectivity index (χ3v) is 9.20. The topological polar surface area (TPSA) is 69.6 Å². The van der Waals surface area contributed by atoms with E-state index in [1.807, 2.05) is 39.5 Å². The number of nitrogens with zero attached hydrogens (tertiary/aromatic N) is 5. The Labute approximate surface area is 236 Å². The third-order valence-electron chi connectivity index (χ3n) is 7.19. The van der Waals surface area contributed by atoms with Crippen LogP contribution < -0.4 is 0 Å². The van der Waals surface area contributed by atoms with Gasteiger partial charge in [-0.2, -0.15) is 0 Å². The minimum atomic E-state index is -0.228. The van der Waals surface area contributed by atoms with Gasteiger partial charge in [0.25, 0.3) is 11.8 Å². The largest absolute Gasteiger partial charge is 0.339 e. The standard InChI is InChI=1S/C29H32FN5O2S2/c1-2-18-38-27-24(4-3-11-31-27)28(36)34-12-9-22(10-13-34)26-32-25(20-39-26)29(37)35-16-14-33(15-17-35)19-21-5-7-23(30)8-6-21/h2-8,11,20,22H,1,9-10,12-19H2. The van der Waals surface area contributed by atoms with Crippen LogP contribution in [0, 0.1) is 5.82 Å². The first-order valence-electron chi connectivity index (χ1n) is 13.2. The fourth-order valence-corrected chi connectivity index (χ4v) is 6.69. The van der Waals surface area contributed by atoms with Gasteiger partial charge in [0.05, 0.1) is 10.6 Å². The molecule has 2 saturated heterocycles. The molecule has 2 aromatic heterocycles. The number of halogens is 1. The van der Waals surface area contributed by atoms with E-state index in [1.165, 1.54) is 23.9 Å². The molecule has 0 unspecified atom stereocenters. The summed E-state index contributed by atoms with van der Waals surface area (Å²) in [6.45, 7) is 8.66. The summed E-state index contributed by atoms with van der Waals surface area (Å²) >= 11 is 3.06. The number of hydrogen-bond donors (Lipinski definition) is 0. The zero-order valence-electron chi connectivity index (χ0n) is 21.8. The average Bonchev–Trinajstić information content (AvgIpc) is 3.48. The molecule has 5 rings (SSSR count). The smallest absolute Gasteiger partial charge is 0.273 e. The minimum Gasteiger partial charge on any atom is -0.339 e. The lowest BCUT2D eigenvalue weighted by Gasteiger charge is -2.34. The molecule has 204 valence electrons. The van der Waals surface area contributed by atoms with E-state index in [-0.39, 0.29) is 23.5 Å². The van der Waals surface area contributed by atoms with Crippen LogP contribution in [0.5, 0.6) is 0 Å². The number of hydrogen-bond acceptors (Lipinski definition) is 7. The lowest BCUT2D eigenvalue weighted by atomic mass is 9.97. The molecule has 2 aliphatic rings. The SMILES string of the molecule is C=CCSc1ncccc1C(=O)N1CCC(c2nc(C(=O)N3CCN(Cc4ccc(F)cc4)CC3)cs2)CC1. The molecule has 0 spiro atoms. The van der Waals surface area contributed by atoms with Gasteiger partial charge in [-0.3, -0.25) is 14.5 Å². The van der Waals surface area contributed by atoms with Crippen molar-refractivity contribution in [1.29, 1.82) is 0 Å². The van der Waals surface area contributed by atoms with Crippen molar-refractivity contribution in [3.63, 3.8) is 0 Å². The van der Waals surface area contributed by atoms with Gasteiger partial charge < -0.3 is 9.80 Å². The molecule has 0 N–H and O–H groups in total. The molecule has 0 atom stereocenters. The molecular weight excluding hydrogens is 533 g/mol.